The lowest BCUT2D eigenvalue weighted by atomic mass is 10.1. The number of amides is 1. The fraction of sp³-hybridized carbons (Fsp3) is 0.636. The van der Waals surface area contributed by atoms with Crippen LogP contribution >= 0.6 is 0 Å². The van der Waals surface area contributed by atoms with Crippen LogP contribution in [-0.2, 0) is 22.6 Å². The minimum absolute atomic E-state index is 0.213. The zero-order valence-electron chi connectivity index (χ0n) is 18.2. The van der Waals surface area contributed by atoms with Crippen LogP contribution in [0.3, 0.4) is 0 Å². The predicted molar refractivity (Wildman–Crippen MR) is 117 cm³/mol. The molecule has 0 unspecified atom stereocenters. The summed E-state index contributed by atoms with van der Waals surface area (Å²) < 4.78 is 10.6. The molecule has 3 rings (SSSR count). The maximum absolute atomic E-state index is 11.9. The number of carbonyl (C=O) groups excluding carboxylic acids is 1. The maximum atomic E-state index is 11.9. The zero-order valence-corrected chi connectivity index (χ0v) is 18.2. The molecular weight excluding hydrogens is 382 g/mol. The number of nitrogens with zero attached hydrogens (tertiary/aromatic N) is 3. The van der Waals surface area contributed by atoms with Gasteiger partial charge in [0.1, 0.15) is 0 Å². The second kappa shape index (κ2) is 11.8. The van der Waals surface area contributed by atoms with Gasteiger partial charge in [-0.2, -0.15) is 0 Å². The number of benzene rings is 1. The molecule has 30 heavy (non-hydrogen) atoms. The second-order valence-corrected chi connectivity index (χ2v) is 7.69. The highest BCUT2D eigenvalue weighted by atomic mass is 16.6. The van der Waals surface area contributed by atoms with Gasteiger partial charge in [0.15, 0.2) is 5.96 Å². The van der Waals surface area contributed by atoms with E-state index in [9.17, 15) is 4.79 Å². The standard InChI is InChI=1S/C22H35N5O3/c1-3-30-22(28)27-10-8-20(9-11-27)25-21(23-2)24-16-18-6-4-5-7-19(18)17-26-12-14-29-15-13-26/h4-7,20H,3,8-17H2,1-2H3,(H2,23,24,25). The molecule has 0 aromatic heterocycles. The molecule has 0 bridgehead atoms. The Morgan fingerprint density at radius 3 is 2.53 bits per heavy atom. The van der Waals surface area contributed by atoms with Gasteiger partial charge < -0.3 is 25.0 Å². The summed E-state index contributed by atoms with van der Waals surface area (Å²) in [6.07, 6.45) is 1.55. The van der Waals surface area contributed by atoms with Crippen molar-refractivity contribution in [1.29, 1.82) is 0 Å². The van der Waals surface area contributed by atoms with E-state index in [-0.39, 0.29) is 6.09 Å². The van der Waals surface area contributed by atoms with Crippen LogP contribution in [0.1, 0.15) is 30.9 Å². The Labute approximate surface area is 179 Å². The van der Waals surface area contributed by atoms with E-state index >= 15 is 0 Å². The average Bonchev–Trinajstić information content (AvgIpc) is 2.79. The Morgan fingerprint density at radius 1 is 1.17 bits per heavy atom. The lowest BCUT2D eigenvalue weighted by Gasteiger charge is -2.32. The number of rotatable bonds is 6. The molecular formula is C22H35N5O3. The van der Waals surface area contributed by atoms with E-state index < -0.39 is 0 Å². The van der Waals surface area contributed by atoms with Gasteiger partial charge in [0, 0.05) is 52.4 Å². The van der Waals surface area contributed by atoms with Gasteiger partial charge in [0.25, 0.3) is 0 Å². The SMILES string of the molecule is CCOC(=O)N1CCC(NC(=NC)NCc2ccccc2CN2CCOCC2)CC1. The molecule has 8 heteroatoms. The summed E-state index contributed by atoms with van der Waals surface area (Å²) in [5.74, 6) is 0.797. The van der Waals surface area contributed by atoms with E-state index in [1.807, 2.05) is 6.92 Å². The van der Waals surface area contributed by atoms with Crippen LogP contribution in [0.25, 0.3) is 0 Å². The quantitative estimate of drug-likeness (QED) is 0.543. The van der Waals surface area contributed by atoms with Gasteiger partial charge in [0.2, 0.25) is 0 Å². The third-order valence-electron chi connectivity index (χ3n) is 5.65. The number of piperidine rings is 1. The minimum atomic E-state index is -0.213. The summed E-state index contributed by atoms with van der Waals surface area (Å²) >= 11 is 0. The molecule has 2 N–H and O–H groups in total. The second-order valence-electron chi connectivity index (χ2n) is 7.69. The topological polar surface area (TPSA) is 78.4 Å². The molecule has 166 valence electrons. The van der Waals surface area contributed by atoms with E-state index in [1.165, 1.54) is 11.1 Å². The van der Waals surface area contributed by atoms with Crippen molar-refractivity contribution in [2.75, 3.05) is 53.0 Å². The highest BCUT2D eigenvalue weighted by molar-refractivity contribution is 5.80. The maximum Gasteiger partial charge on any atom is 0.409 e. The van der Waals surface area contributed by atoms with Crippen LogP contribution in [0, 0.1) is 0 Å². The van der Waals surface area contributed by atoms with Crippen LogP contribution < -0.4 is 10.6 Å². The molecule has 2 aliphatic rings. The first-order valence-electron chi connectivity index (χ1n) is 11.0. The summed E-state index contributed by atoms with van der Waals surface area (Å²) in [7, 11) is 1.79. The Bertz CT molecular complexity index is 698. The fourth-order valence-corrected chi connectivity index (χ4v) is 3.87. The first-order chi connectivity index (χ1) is 14.7. The van der Waals surface area contributed by atoms with Crippen LogP contribution in [0.2, 0.25) is 0 Å². The van der Waals surface area contributed by atoms with Crippen molar-refractivity contribution < 1.29 is 14.3 Å². The van der Waals surface area contributed by atoms with E-state index in [0.29, 0.717) is 25.7 Å². The van der Waals surface area contributed by atoms with E-state index in [2.05, 4.69) is 44.8 Å². The zero-order chi connectivity index (χ0) is 21.2. The smallest absolute Gasteiger partial charge is 0.409 e. The van der Waals surface area contributed by atoms with Gasteiger partial charge >= 0.3 is 6.09 Å². The molecule has 2 fully saturated rings. The Balaban J connectivity index is 1.47. The van der Waals surface area contributed by atoms with Gasteiger partial charge in [-0.05, 0) is 30.9 Å². The minimum Gasteiger partial charge on any atom is -0.450 e. The van der Waals surface area contributed by atoms with Crippen molar-refractivity contribution in [2.24, 2.45) is 4.99 Å². The number of hydrogen-bond donors (Lipinski definition) is 2. The van der Waals surface area contributed by atoms with Crippen molar-refractivity contribution in [3.8, 4) is 0 Å². The lowest BCUT2D eigenvalue weighted by molar-refractivity contribution is 0.0341. The van der Waals surface area contributed by atoms with Gasteiger partial charge in [-0.1, -0.05) is 24.3 Å². The molecule has 1 aromatic rings. The van der Waals surface area contributed by atoms with Gasteiger partial charge in [-0.3, -0.25) is 9.89 Å². The molecule has 1 amide bonds. The molecule has 2 saturated heterocycles. The van der Waals surface area contributed by atoms with Crippen molar-refractivity contribution in [3.05, 3.63) is 35.4 Å². The number of likely N-dealkylation sites (tertiary alicyclic amines) is 1. The van der Waals surface area contributed by atoms with Crippen molar-refractivity contribution in [1.82, 2.24) is 20.4 Å². The van der Waals surface area contributed by atoms with Gasteiger partial charge in [-0.15, -0.1) is 0 Å². The van der Waals surface area contributed by atoms with Crippen molar-refractivity contribution >= 4 is 12.1 Å². The monoisotopic (exact) mass is 417 g/mol. The number of carbonyl (C=O) groups is 1. The number of guanidine groups is 1. The average molecular weight is 418 g/mol. The Morgan fingerprint density at radius 2 is 1.87 bits per heavy atom. The number of nitrogens with one attached hydrogen (secondary N) is 2. The van der Waals surface area contributed by atoms with Crippen molar-refractivity contribution in [3.63, 3.8) is 0 Å². The highest BCUT2D eigenvalue weighted by Gasteiger charge is 2.24. The van der Waals surface area contributed by atoms with Gasteiger partial charge in [0.05, 0.1) is 19.8 Å². The number of hydrogen-bond acceptors (Lipinski definition) is 5. The van der Waals surface area contributed by atoms with E-state index in [4.69, 9.17) is 9.47 Å². The van der Waals surface area contributed by atoms with Crippen molar-refractivity contribution in [2.45, 2.75) is 38.9 Å². The number of ether oxygens (including phenoxy) is 2. The summed E-state index contributed by atoms with van der Waals surface area (Å²) in [4.78, 5) is 20.5. The molecule has 8 nitrogen and oxygen atoms in total. The molecule has 0 radical (unpaired) electrons. The Hall–Kier alpha value is -2.32. The van der Waals surface area contributed by atoms with Gasteiger partial charge in [-0.25, -0.2) is 4.79 Å². The first kappa shape index (κ1) is 22.4. The summed E-state index contributed by atoms with van der Waals surface area (Å²) in [5, 5.41) is 6.96. The number of aliphatic imine (C=N–C) groups is 1. The molecule has 1 aromatic carbocycles. The van der Waals surface area contributed by atoms with Crippen LogP contribution in [0.5, 0.6) is 0 Å². The third kappa shape index (κ3) is 6.60. The molecule has 0 atom stereocenters. The lowest BCUT2D eigenvalue weighted by Crippen LogP contribution is -2.49. The largest absolute Gasteiger partial charge is 0.450 e. The van der Waals surface area contributed by atoms with E-state index in [1.54, 1.807) is 11.9 Å². The van der Waals surface area contributed by atoms with E-state index in [0.717, 1.165) is 58.2 Å². The molecule has 0 saturated carbocycles. The molecule has 0 spiro atoms. The van der Waals surface area contributed by atoms with Crippen LogP contribution in [-0.4, -0.2) is 80.9 Å². The van der Waals surface area contributed by atoms with Crippen LogP contribution in [0.4, 0.5) is 4.79 Å². The predicted octanol–water partition coefficient (Wildman–Crippen LogP) is 1.80. The molecule has 2 aliphatic heterocycles. The fourth-order valence-electron chi connectivity index (χ4n) is 3.87. The highest BCUT2D eigenvalue weighted by Crippen LogP contribution is 2.14. The third-order valence-corrected chi connectivity index (χ3v) is 5.65. The Kier molecular flexibility index (Phi) is 8.77. The number of morpholine rings is 1. The normalized spacial score (nSPS) is 18.9. The summed E-state index contributed by atoms with van der Waals surface area (Å²) in [6.45, 7) is 8.91. The molecule has 2 heterocycles. The first-order valence-corrected chi connectivity index (χ1v) is 11.0. The summed E-state index contributed by atoms with van der Waals surface area (Å²) in [5.41, 5.74) is 2.62. The molecule has 0 aliphatic carbocycles. The van der Waals surface area contributed by atoms with Crippen LogP contribution in [0.15, 0.2) is 29.3 Å². The summed E-state index contributed by atoms with van der Waals surface area (Å²) in [6, 6.07) is 8.86.